The molecule has 0 spiro atoms. The third-order valence-electron chi connectivity index (χ3n) is 5.81. The van der Waals surface area contributed by atoms with Gasteiger partial charge < -0.3 is 9.84 Å². The summed E-state index contributed by atoms with van der Waals surface area (Å²) in [6.07, 6.45) is 11.0. The van der Waals surface area contributed by atoms with Crippen molar-refractivity contribution in [2.45, 2.75) is 71.1 Å². The number of aryl methyl sites for hydroxylation is 2. The fraction of sp³-hybridized carbons (Fsp3) is 0.591. The number of benzene rings is 1. The lowest BCUT2D eigenvalue weighted by atomic mass is 9.94. The standard InChI is InChI=1S/C22H30O3/c1-2-16-14-20(12-10-17(16)11-13-22(23)24)25-15-19-8-5-9-21(19)18-6-3-4-7-18/h10,12,14,18H,2-9,11,13,15H2,1H3,(H,23,24). The van der Waals surface area contributed by atoms with Crippen molar-refractivity contribution in [2.75, 3.05) is 6.61 Å². The van der Waals surface area contributed by atoms with Gasteiger partial charge in [0.2, 0.25) is 0 Å². The molecule has 0 amide bonds. The quantitative estimate of drug-likeness (QED) is 0.651. The summed E-state index contributed by atoms with van der Waals surface area (Å²) in [5.74, 6) is 1.00. The van der Waals surface area contributed by atoms with Crippen LogP contribution in [-0.4, -0.2) is 17.7 Å². The first-order valence-corrected chi connectivity index (χ1v) is 9.84. The first-order valence-electron chi connectivity index (χ1n) is 9.84. The molecule has 1 saturated carbocycles. The molecule has 0 radical (unpaired) electrons. The lowest BCUT2D eigenvalue weighted by molar-refractivity contribution is -0.136. The van der Waals surface area contributed by atoms with E-state index in [1.807, 2.05) is 12.1 Å². The number of carbonyl (C=O) groups is 1. The van der Waals surface area contributed by atoms with Crippen molar-refractivity contribution in [3.05, 3.63) is 40.5 Å². The minimum atomic E-state index is -0.741. The predicted octanol–water partition coefficient (Wildman–Crippen LogP) is 5.32. The van der Waals surface area contributed by atoms with Crippen LogP contribution in [0.3, 0.4) is 0 Å². The zero-order valence-corrected chi connectivity index (χ0v) is 15.4. The lowest BCUT2D eigenvalue weighted by Gasteiger charge is -2.16. The number of carboxylic acid groups (broad SMARTS) is 1. The summed E-state index contributed by atoms with van der Waals surface area (Å²) in [7, 11) is 0. The zero-order valence-electron chi connectivity index (χ0n) is 15.4. The molecule has 1 aromatic rings. The second-order valence-corrected chi connectivity index (χ2v) is 7.43. The van der Waals surface area contributed by atoms with Crippen LogP contribution >= 0.6 is 0 Å². The van der Waals surface area contributed by atoms with Gasteiger partial charge in [-0.25, -0.2) is 0 Å². The molecule has 25 heavy (non-hydrogen) atoms. The van der Waals surface area contributed by atoms with Crippen LogP contribution in [0.1, 0.15) is 69.4 Å². The molecular weight excluding hydrogens is 312 g/mol. The second-order valence-electron chi connectivity index (χ2n) is 7.43. The molecule has 1 fully saturated rings. The highest BCUT2D eigenvalue weighted by Gasteiger charge is 2.25. The summed E-state index contributed by atoms with van der Waals surface area (Å²) >= 11 is 0. The maximum atomic E-state index is 10.8. The summed E-state index contributed by atoms with van der Waals surface area (Å²) in [6, 6.07) is 6.14. The Morgan fingerprint density at radius 1 is 1.16 bits per heavy atom. The maximum Gasteiger partial charge on any atom is 0.303 e. The molecule has 3 rings (SSSR count). The number of hydrogen-bond donors (Lipinski definition) is 1. The van der Waals surface area contributed by atoms with Gasteiger partial charge in [-0.3, -0.25) is 4.79 Å². The molecular formula is C22H30O3. The first kappa shape index (κ1) is 18.0. The van der Waals surface area contributed by atoms with Crippen molar-refractivity contribution < 1.29 is 14.6 Å². The van der Waals surface area contributed by atoms with Gasteiger partial charge in [-0.2, -0.15) is 0 Å². The van der Waals surface area contributed by atoms with Crippen LogP contribution in [0.4, 0.5) is 0 Å². The Labute approximate surface area is 151 Å². The van der Waals surface area contributed by atoms with Crippen LogP contribution in [0.2, 0.25) is 0 Å². The fourth-order valence-electron chi connectivity index (χ4n) is 4.44. The van der Waals surface area contributed by atoms with Crippen LogP contribution in [0.15, 0.2) is 29.3 Å². The fourth-order valence-corrected chi connectivity index (χ4v) is 4.44. The summed E-state index contributed by atoms with van der Waals surface area (Å²) in [5, 5.41) is 8.88. The Hall–Kier alpha value is -1.77. The van der Waals surface area contributed by atoms with Crippen molar-refractivity contribution in [1.82, 2.24) is 0 Å². The molecule has 1 N–H and O–H groups in total. The molecule has 2 aliphatic carbocycles. The van der Waals surface area contributed by atoms with E-state index in [1.165, 1.54) is 50.5 Å². The van der Waals surface area contributed by atoms with E-state index in [1.54, 1.807) is 11.1 Å². The monoisotopic (exact) mass is 342 g/mol. The minimum Gasteiger partial charge on any atom is -0.489 e. The number of ether oxygens (including phenoxy) is 1. The van der Waals surface area contributed by atoms with Crippen molar-refractivity contribution in [2.24, 2.45) is 5.92 Å². The van der Waals surface area contributed by atoms with Crippen molar-refractivity contribution in [3.63, 3.8) is 0 Å². The highest BCUT2D eigenvalue weighted by atomic mass is 16.5. The third-order valence-corrected chi connectivity index (χ3v) is 5.81. The number of hydrogen-bond acceptors (Lipinski definition) is 2. The lowest BCUT2D eigenvalue weighted by Crippen LogP contribution is -2.06. The van der Waals surface area contributed by atoms with Crippen molar-refractivity contribution in [1.29, 1.82) is 0 Å². The van der Waals surface area contributed by atoms with E-state index in [-0.39, 0.29) is 6.42 Å². The molecule has 0 heterocycles. The Balaban J connectivity index is 1.64. The first-order chi connectivity index (χ1) is 12.2. The average molecular weight is 342 g/mol. The van der Waals surface area contributed by atoms with Gasteiger partial charge in [0.1, 0.15) is 12.4 Å². The topological polar surface area (TPSA) is 46.5 Å². The second kappa shape index (κ2) is 8.55. The van der Waals surface area contributed by atoms with Gasteiger partial charge in [0, 0.05) is 6.42 Å². The molecule has 0 saturated heterocycles. The summed E-state index contributed by atoms with van der Waals surface area (Å²) in [4.78, 5) is 10.8. The van der Waals surface area contributed by atoms with Crippen LogP contribution in [-0.2, 0) is 17.6 Å². The van der Waals surface area contributed by atoms with Crippen LogP contribution in [0, 0.1) is 5.92 Å². The molecule has 3 nitrogen and oxygen atoms in total. The molecule has 0 atom stereocenters. The summed E-state index contributed by atoms with van der Waals surface area (Å²) in [5.41, 5.74) is 5.57. The Bertz CT molecular complexity index is 639. The van der Waals surface area contributed by atoms with E-state index in [4.69, 9.17) is 9.84 Å². The molecule has 0 bridgehead atoms. The van der Waals surface area contributed by atoms with E-state index in [0.717, 1.165) is 30.3 Å². The highest BCUT2D eigenvalue weighted by Crippen LogP contribution is 2.40. The predicted molar refractivity (Wildman–Crippen MR) is 100 cm³/mol. The third kappa shape index (κ3) is 4.65. The van der Waals surface area contributed by atoms with E-state index >= 15 is 0 Å². The van der Waals surface area contributed by atoms with E-state index in [9.17, 15) is 4.79 Å². The van der Waals surface area contributed by atoms with Crippen LogP contribution in [0.25, 0.3) is 0 Å². The number of rotatable bonds is 8. The van der Waals surface area contributed by atoms with Crippen LogP contribution < -0.4 is 4.74 Å². The number of allylic oxidation sites excluding steroid dienone is 1. The summed E-state index contributed by atoms with van der Waals surface area (Å²) in [6.45, 7) is 2.84. The average Bonchev–Trinajstić information content (AvgIpc) is 3.29. The smallest absolute Gasteiger partial charge is 0.303 e. The number of carboxylic acids is 1. The highest BCUT2D eigenvalue weighted by molar-refractivity contribution is 5.67. The van der Waals surface area contributed by atoms with E-state index in [2.05, 4.69) is 13.0 Å². The van der Waals surface area contributed by atoms with E-state index < -0.39 is 5.97 Å². The molecule has 136 valence electrons. The van der Waals surface area contributed by atoms with Gasteiger partial charge >= 0.3 is 5.97 Å². The normalized spacial score (nSPS) is 18.1. The van der Waals surface area contributed by atoms with Crippen molar-refractivity contribution in [3.8, 4) is 5.75 Å². The molecule has 0 aromatic heterocycles. The number of aliphatic carboxylic acids is 1. The Morgan fingerprint density at radius 2 is 1.96 bits per heavy atom. The van der Waals surface area contributed by atoms with Gasteiger partial charge in [0.05, 0.1) is 0 Å². The Morgan fingerprint density at radius 3 is 2.68 bits per heavy atom. The van der Waals surface area contributed by atoms with Gasteiger partial charge in [-0.15, -0.1) is 0 Å². The summed E-state index contributed by atoms with van der Waals surface area (Å²) < 4.78 is 6.13. The molecule has 3 heteroatoms. The van der Waals surface area contributed by atoms with E-state index in [0.29, 0.717) is 6.42 Å². The zero-order chi connectivity index (χ0) is 17.6. The van der Waals surface area contributed by atoms with Gasteiger partial charge in [0.25, 0.3) is 0 Å². The largest absolute Gasteiger partial charge is 0.489 e. The maximum absolute atomic E-state index is 10.8. The molecule has 2 aliphatic rings. The molecule has 0 aliphatic heterocycles. The minimum absolute atomic E-state index is 0.185. The van der Waals surface area contributed by atoms with Gasteiger partial charge in [0.15, 0.2) is 0 Å². The van der Waals surface area contributed by atoms with Gasteiger partial charge in [-0.05, 0) is 79.7 Å². The SMILES string of the molecule is CCc1cc(OCC2=C(C3CCCC3)CCC2)ccc1CCC(=O)O. The van der Waals surface area contributed by atoms with Gasteiger partial charge in [-0.1, -0.05) is 31.4 Å². The van der Waals surface area contributed by atoms with Crippen LogP contribution in [0.5, 0.6) is 5.75 Å². The Kier molecular flexibility index (Phi) is 6.17. The van der Waals surface area contributed by atoms with Crippen molar-refractivity contribution >= 4 is 5.97 Å². The molecule has 1 aromatic carbocycles. The molecule has 0 unspecified atom stereocenters.